The second-order valence-corrected chi connectivity index (χ2v) is 7.11. The Labute approximate surface area is 161 Å². The molecule has 1 aliphatic rings. The molecule has 3 rings (SSSR count). The predicted octanol–water partition coefficient (Wildman–Crippen LogP) is 3.27. The van der Waals surface area contributed by atoms with E-state index in [4.69, 9.17) is 23.2 Å². The van der Waals surface area contributed by atoms with E-state index >= 15 is 0 Å². The number of hydrogen-bond acceptors (Lipinski definition) is 3. The van der Waals surface area contributed by atoms with Gasteiger partial charge in [-0.2, -0.15) is 0 Å². The van der Waals surface area contributed by atoms with Gasteiger partial charge in [-0.1, -0.05) is 35.3 Å². The van der Waals surface area contributed by atoms with E-state index in [1.807, 2.05) is 18.2 Å². The van der Waals surface area contributed by atoms with E-state index in [9.17, 15) is 14.7 Å². The van der Waals surface area contributed by atoms with Crippen LogP contribution >= 0.6 is 23.2 Å². The summed E-state index contributed by atoms with van der Waals surface area (Å²) in [5.41, 5.74) is 3.24. The number of benzene rings is 2. The third-order valence-electron chi connectivity index (χ3n) is 4.19. The van der Waals surface area contributed by atoms with Crippen molar-refractivity contribution in [3.63, 3.8) is 0 Å². The molecule has 5 nitrogen and oxygen atoms in total. The minimum atomic E-state index is -0.895. The molecule has 0 bridgehead atoms. The van der Waals surface area contributed by atoms with E-state index in [0.717, 1.165) is 16.8 Å². The summed E-state index contributed by atoms with van der Waals surface area (Å²) in [5, 5.41) is 16.6. The number of hydrogen-bond donors (Lipinski definition) is 3. The SMILES string of the molecule is O=C(Cc1ccc2c(c1)CCC(=O)N2)NCC(O)c1cc(Cl)cc(Cl)c1. The molecule has 3 N–H and O–H groups in total. The zero-order chi connectivity index (χ0) is 18.7. The molecule has 1 aliphatic heterocycles. The Kier molecular flexibility index (Phi) is 5.81. The van der Waals surface area contributed by atoms with Gasteiger partial charge in [-0.3, -0.25) is 9.59 Å². The molecule has 0 saturated carbocycles. The molecule has 7 heteroatoms. The number of aryl methyl sites for hydroxylation is 1. The third kappa shape index (κ3) is 4.75. The Morgan fingerprint density at radius 3 is 2.62 bits per heavy atom. The monoisotopic (exact) mass is 392 g/mol. The summed E-state index contributed by atoms with van der Waals surface area (Å²) in [6.45, 7) is 0.0660. The first-order chi connectivity index (χ1) is 12.4. The molecule has 1 heterocycles. The van der Waals surface area contributed by atoms with Crippen LogP contribution in [0, 0.1) is 0 Å². The number of fused-ring (bicyclic) bond motifs is 1. The first-order valence-electron chi connectivity index (χ1n) is 8.23. The number of carbonyl (C=O) groups excluding carboxylic acids is 2. The van der Waals surface area contributed by atoms with Crippen molar-refractivity contribution in [1.82, 2.24) is 5.32 Å². The Balaban J connectivity index is 1.56. The highest BCUT2D eigenvalue weighted by molar-refractivity contribution is 6.34. The van der Waals surface area contributed by atoms with Gasteiger partial charge >= 0.3 is 0 Å². The number of rotatable bonds is 5. The van der Waals surface area contributed by atoms with E-state index in [2.05, 4.69) is 10.6 Å². The quantitative estimate of drug-likeness (QED) is 0.730. The number of aliphatic hydroxyl groups excluding tert-OH is 1. The van der Waals surface area contributed by atoms with Crippen molar-refractivity contribution in [2.75, 3.05) is 11.9 Å². The lowest BCUT2D eigenvalue weighted by atomic mass is 9.99. The largest absolute Gasteiger partial charge is 0.387 e. The van der Waals surface area contributed by atoms with Gasteiger partial charge in [0.05, 0.1) is 12.5 Å². The van der Waals surface area contributed by atoms with Gasteiger partial charge in [0.1, 0.15) is 0 Å². The van der Waals surface area contributed by atoms with Crippen LogP contribution in [0.2, 0.25) is 10.0 Å². The van der Waals surface area contributed by atoms with Crippen molar-refractivity contribution < 1.29 is 14.7 Å². The molecule has 2 amide bonds. The molecule has 2 aromatic rings. The van der Waals surface area contributed by atoms with Crippen LogP contribution in [-0.4, -0.2) is 23.5 Å². The molecule has 26 heavy (non-hydrogen) atoms. The highest BCUT2D eigenvalue weighted by atomic mass is 35.5. The summed E-state index contributed by atoms with van der Waals surface area (Å²) < 4.78 is 0. The molecular weight excluding hydrogens is 375 g/mol. The Hall–Kier alpha value is -2.08. The van der Waals surface area contributed by atoms with Crippen LogP contribution in [0.4, 0.5) is 5.69 Å². The summed E-state index contributed by atoms with van der Waals surface area (Å²) in [5.74, 6) is -0.185. The van der Waals surface area contributed by atoms with Gasteiger partial charge in [-0.25, -0.2) is 0 Å². The summed E-state index contributed by atoms with van der Waals surface area (Å²) >= 11 is 11.8. The lowest BCUT2D eigenvalue weighted by Gasteiger charge is -2.17. The summed E-state index contributed by atoms with van der Waals surface area (Å²) in [6.07, 6.45) is 0.431. The average Bonchev–Trinajstić information content (AvgIpc) is 2.59. The van der Waals surface area contributed by atoms with Crippen molar-refractivity contribution >= 4 is 40.7 Å². The van der Waals surface area contributed by atoms with Crippen LogP contribution < -0.4 is 10.6 Å². The molecule has 0 aliphatic carbocycles. The first kappa shape index (κ1) is 18.7. The number of amides is 2. The lowest BCUT2D eigenvalue weighted by molar-refractivity contribution is -0.121. The highest BCUT2D eigenvalue weighted by Gasteiger charge is 2.16. The topological polar surface area (TPSA) is 78.4 Å². The van der Waals surface area contributed by atoms with E-state index < -0.39 is 6.10 Å². The maximum atomic E-state index is 12.2. The number of halogens is 2. The molecule has 0 radical (unpaired) electrons. The Morgan fingerprint density at radius 2 is 1.88 bits per heavy atom. The molecule has 0 aromatic heterocycles. The van der Waals surface area contributed by atoms with Crippen molar-refractivity contribution in [2.24, 2.45) is 0 Å². The van der Waals surface area contributed by atoms with E-state index in [1.54, 1.807) is 18.2 Å². The minimum absolute atomic E-state index is 0.0121. The van der Waals surface area contributed by atoms with Gasteiger partial charge in [-0.05, 0) is 47.4 Å². The van der Waals surface area contributed by atoms with Crippen LogP contribution in [0.15, 0.2) is 36.4 Å². The van der Waals surface area contributed by atoms with E-state index in [1.165, 1.54) is 0 Å². The van der Waals surface area contributed by atoms with Crippen molar-refractivity contribution in [3.05, 3.63) is 63.1 Å². The van der Waals surface area contributed by atoms with Crippen LogP contribution in [0.1, 0.15) is 29.2 Å². The second-order valence-electron chi connectivity index (χ2n) is 6.24. The summed E-state index contributed by atoms with van der Waals surface area (Å²) in [6, 6.07) is 10.4. The normalized spacial score (nSPS) is 14.3. The van der Waals surface area contributed by atoms with Gasteiger partial charge in [0.2, 0.25) is 11.8 Å². The fraction of sp³-hybridized carbons (Fsp3) is 0.263. The smallest absolute Gasteiger partial charge is 0.224 e. The summed E-state index contributed by atoms with van der Waals surface area (Å²) in [7, 11) is 0. The first-order valence-corrected chi connectivity index (χ1v) is 8.99. The van der Waals surface area contributed by atoms with Gasteiger partial charge < -0.3 is 15.7 Å². The van der Waals surface area contributed by atoms with Gasteiger partial charge in [0.15, 0.2) is 0 Å². The molecule has 0 saturated heterocycles. The fourth-order valence-corrected chi connectivity index (χ4v) is 3.43. The summed E-state index contributed by atoms with van der Waals surface area (Å²) in [4.78, 5) is 23.5. The Morgan fingerprint density at radius 1 is 1.15 bits per heavy atom. The van der Waals surface area contributed by atoms with Gasteiger partial charge in [0, 0.05) is 28.7 Å². The predicted molar refractivity (Wildman–Crippen MR) is 102 cm³/mol. The lowest BCUT2D eigenvalue weighted by Crippen LogP contribution is -2.29. The van der Waals surface area contributed by atoms with Crippen LogP contribution in [0.3, 0.4) is 0 Å². The van der Waals surface area contributed by atoms with Crippen molar-refractivity contribution in [3.8, 4) is 0 Å². The third-order valence-corrected chi connectivity index (χ3v) is 4.63. The minimum Gasteiger partial charge on any atom is -0.387 e. The zero-order valence-corrected chi connectivity index (χ0v) is 15.4. The molecule has 1 unspecified atom stereocenters. The molecule has 136 valence electrons. The van der Waals surface area contributed by atoms with Crippen molar-refractivity contribution in [2.45, 2.75) is 25.4 Å². The van der Waals surface area contributed by atoms with Crippen LogP contribution in [0.25, 0.3) is 0 Å². The molecular formula is C19H18Cl2N2O3. The van der Waals surface area contributed by atoms with Gasteiger partial charge in [0.25, 0.3) is 0 Å². The zero-order valence-electron chi connectivity index (χ0n) is 13.9. The molecule has 2 aromatic carbocycles. The standard InChI is InChI=1S/C19H18Cl2N2O3/c20-14-7-13(8-15(21)9-14)17(24)10-22-19(26)6-11-1-3-16-12(5-11)2-4-18(25)23-16/h1,3,5,7-9,17,24H,2,4,6,10H2,(H,22,26)(H,23,25). The maximum Gasteiger partial charge on any atom is 0.224 e. The van der Waals surface area contributed by atoms with Crippen molar-refractivity contribution in [1.29, 1.82) is 0 Å². The maximum absolute atomic E-state index is 12.2. The second kappa shape index (κ2) is 8.08. The number of aliphatic hydroxyl groups is 1. The van der Waals surface area contributed by atoms with E-state index in [0.29, 0.717) is 28.5 Å². The molecule has 0 spiro atoms. The van der Waals surface area contributed by atoms with Crippen LogP contribution in [0.5, 0.6) is 0 Å². The van der Waals surface area contributed by atoms with E-state index in [-0.39, 0.29) is 24.8 Å². The molecule has 1 atom stereocenters. The Bertz CT molecular complexity index is 834. The fourth-order valence-electron chi connectivity index (χ4n) is 2.89. The van der Waals surface area contributed by atoms with Crippen LogP contribution in [-0.2, 0) is 22.4 Å². The highest BCUT2D eigenvalue weighted by Crippen LogP contribution is 2.24. The number of nitrogens with one attached hydrogen (secondary N) is 2. The number of anilines is 1. The number of carbonyl (C=O) groups is 2. The molecule has 0 fully saturated rings. The van der Waals surface area contributed by atoms with Gasteiger partial charge in [-0.15, -0.1) is 0 Å². The average molecular weight is 393 g/mol.